The van der Waals surface area contributed by atoms with E-state index in [1.807, 2.05) is 0 Å². The predicted octanol–water partition coefficient (Wildman–Crippen LogP) is 3.39. The molecule has 0 aliphatic heterocycles. The van der Waals surface area contributed by atoms with Crippen molar-refractivity contribution in [2.75, 3.05) is 11.9 Å². The number of nitrogens with one attached hydrogen (secondary N) is 1. The standard InChI is InChI=1S/C21H25BrN2O4/c22-21-8-13-5-14(9-21)7-20(6-13,12-21)10-18(26)28-11-17(25)24-16-3-1-15(2-4-16)19(23)27/h1-4,13-14H,5-12H2,(H2,23,27)(H,24,25)/t13-,14-,20?,21?/m1/s1. The molecule has 4 saturated carbocycles. The van der Waals surface area contributed by atoms with E-state index >= 15 is 0 Å². The summed E-state index contributed by atoms with van der Waals surface area (Å²) in [7, 11) is 0. The van der Waals surface area contributed by atoms with Crippen LogP contribution in [-0.4, -0.2) is 28.7 Å². The summed E-state index contributed by atoms with van der Waals surface area (Å²) in [6.07, 6.45) is 7.36. The second-order valence-corrected chi connectivity index (χ2v) is 10.6. The summed E-state index contributed by atoms with van der Waals surface area (Å²) < 4.78 is 5.47. The summed E-state index contributed by atoms with van der Waals surface area (Å²) in [5.74, 6) is 0.196. The Labute approximate surface area is 172 Å². The number of hydrogen-bond acceptors (Lipinski definition) is 4. The van der Waals surface area contributed by atoms with Gasteiger partial charge in [-0.2, -0.15) is 0 Å². The Hall–Kier alpha value is -1.89. The Morgan fingerprint density at radius 3 is 2.32 bits per heavy atom. The lowest BCUT2D eigenvalue weighted by Crippen LogP contribution is -2.53. The summed E-state index contributed by atoms with van der Waals surface area (Å²) in [5, 5.41) is 2.65. The summed E-state index contributed by atoms with van der Waals surface area (Å²) >= 11 is 3.95. The summed E-state index contributed by atoms with van der Waals surface area (Å²) in [4.78, 5) is 35.6. The third-order valence-electron chi connectivity index (χ3n) is 6.45. The van der Waals surface area contributed by atoms with Crippen LogP contribution in [0.3, 0.4) is 0 Å². The first-order valence-corrected chi connectivity index (χ1v) is 10.6. The quantitative estimate of drug-likeness (QED) is 0.514. The molecule has 2 atom stereocenters. The molecule has 150 valence electrons. The van der Waals surface area contributed by atoms with Crippen LogP contribution in [0, 0.1) is 17.3 Å². The van der Waals surface area contributed by atoms with Crippen LogP contribution >= 0.6 is 15.9 Å². The topological polar surface area (TPSA) is 98.5 Å². The van der Waals surface area contributed by atoms with E-state index in [1.165, 1.54) is 31.4 Å². The van der Waals surface area contributed by atoms with Gasteiger partial charge in [-0.15, -0.1) is 0 Å². The van der Waals surface area contributed by atoms with E-state index < -0.39 is 11.8 Å². The number of alkyl halides is 1. The number of primary amides is 1. The van der Waals surface area contributed by atoms with Gasteiger partial charge in [-0.1, -0.05) is 15.9 Å². The number of carbonyl (C=O) groups excluding carboxylic acids is 3. The molecule has 5 rings (SSSR count). The number of hydrogen-bond donors (Lipinski definition) is 2. The van der Waals surface area contributed by atoms with Crippen molar-refractivity contribution < 1.29 is 19.1 Å². The number of esters is 1. The molecule has 2 amide bonds. The van der Waals surface area contributed by atoms with Crippen LogP contribution in [0.2, 0.25) is 0 Å². The Morgan fingerprint density at radius 2 is 1.75 bits per heavy atom. The van der Waals surface area contributed by atoms with Crippen LogP contribution < -0.4 is 11.1 Å². The lowest BCUT2D eigenvalue weighted by Gasteiger charge is -2.60. The normalized spacial score (nSPS) is 32.8. The molecule has 6 nitrogen and oxygen atoms in total. The predicted molar refractivity (Wildman–Crippen MR) is 108 cm³/mol. The number of amides is 2. The van der Waals surface area contributed by atoms with Gasteiger partial charge in [0, 0.05) is 15.6 Å². The van der Waals surface area contributed by atoms with E-state index in [-0.39, 0.29) is 22.3 Å². The van der Waals surface area contributed by atoms with Gasteiger partial charge in [-0.05, 0) is 80.0 Å². The number of rotatable bonds is 6. The minimum Gasteiger partial charge on any atom is -0.456 e. The van der Waals surface area contributed by atoms with Gasteiger partial charge in [0.25, 0.3) is 5.91 Å². The first kappa shape index (κ1) is 19.4. The minimum absolute atomic E-state index is 0.0335. The van der Waals surface area contributed by atoms with E-state index in [1.54, 1.807) is 12.1 Å². The lowest BCUT2D eigenvalue weighted by atomic mass is 9.49. The Morgan fingerprint density at radius 1 is 1.11 bits per heavy atom. The summed E-state index contributed by atoms with van der Waals surface area (Å²) in [6, 6.07) is 6.25. The molecular formula is C21H25BrN2O4. The third-order valence-corrected chi connectivity index (χ3v) is 7.38. The number of halogens is 1. The minimum atomic E-state index is -0.526. The Bertz CT molecular complexity index is 793. The molecule has 0 unspecified atom stereocenters. The van der Waals surface area contributed by atoms with Crippen LogP contribution in [0.15, 0.2) is 24.3 Å². The summed E-state index contributed by atoms with van der Waals surface area (Å²) in [5.41, 5.74) is 6.11. The molecule has 7 heteroatoms. The highest BCUT2D eigenvalue weighted by molar-refractivity contribution is 9.10. The third kappa shape index (κ3) is 4.09. The molecule has 4 aliphatic carbocycles. The number of anilines is 1. The Balaban J connectivity index is 1.27. The van der Waals surface area contributed by atoms with Crippen LogP contribution in [0.5, 0.6) is 0 Å². The zero-order valence-electron chi connectivity index (χ0n) is 15.7. The fourth-order valence-corrected chi connectivity index (χ4v) is 7.47. The molecule has 0 aromatic heterocycles. The van der Waals surface area contributed by atoms with Gasteiger partial charge in [0.2, 0.25) is 5.91 Å². The van der Waals surface area contributed by atoms with Crippen molar-refractivity contribution in [3.05, 3.63) is 29.8 Å². The van der Waals surface area contributed by atoms with Gasteiger partial charge in [0.05, 0.1) is 6.42 Å². The lowest BCUT2D eigenvalue weighted by molar-refractivity contribution is -0.153. The van der Waals surface area contributed by atoms with E-state index in [9.17, 15) is 14.4 Å². The second kappa shape index (κ2) is 7.17. The van der Waals surface area contributed by atoms with Gasteiger partial charge in [-0.3, -0.25) is 14.4 Å². The number of carbonyl (C=O) groups is 3. The van der Waals surface area contributed by atoms with Crippen LogP contribution in [-0.2, 0) is 14.3 Å². The van der Waals surface area contributed by atoms with E-state index in [0.29, 0.717) is 29.5 Å². The fourth-order valence-electron chi connectivity index (χ4n) is 5.96. The van der Waals surface area contributed by atoms with E-state index in [2.05, 4.69) is 21.2 Å². The molecule has 4 fully saturated rings. The smallest absolute Gasteiger partial charge is 0.306 e. The van der Waals surface area contributed by atoms with Crippen molar-refractivity contribution in [1.82, 2.24) is 0 Å². The van der Waals surface area contributed by atoms with Crippen molar-refractivity contribution in [1.29, 1.82) is 0 Å². The van der Waals surface area contributed by atoms with E-state index in [4.69, 9.17) is 10.5 Å². The first-order valence-electron chi connectivity index (χ1n) is 9.79. The van der Waals surface area contributed by atoms with Crippen LogP contribution in [0.25, 0.3) is 0 Å². The number of ether oxygens (including phenoxy) is 1. The maximum absolute atomic E-state index is 12.4. The molecule has 4 bridgehead atoms. The van der Waals surface area contributed by atoms with E-state index in [0.717, 1.165) is 19.3 Å². The van der Waals surface area contributed by atoms with Gasteiger partial charge in [-0.25, -0.2) is 0 Å². The van der Waals surface area contributed by atoms with Gasteiger partial charge in [0.1, 0.15) is 0 Å². The van der Waals surface area contributed by atoms with Crippen LogP contribution in [0.4, 0.5) is 5.69 Å². The second-order valence-electron chi connectivity index (χ2n) is 8.94. The average Bonchev–Trinajstić information content (AvgIpc) is 2.58. The summed E-state index contributed by atoms with van der Waals surface area (Å²) in [6.45, 7) is -0.307. The number of nitrogens with two attached hydrogens (primary N) is 1. The van der Waals surface area contributed by atoms with Gasteiger partial charge >= 0.3 is 5.97 Å². The molecule has 1 aromatic rings. The highest BCUT2D eigenvalue weighted by atomic mass is 79.9. The SMILES string of the molecule is NC(=O)c1ccc(NC(=O)COC(=O)CC23C[C@H]4C[C@@H](CC(Br)(C4)C2)C3)cc1. The zero-order chi connectivity index (χ0) is 19.9. The molecule has 0 spiro atoms. The molecular weight excluding hydrogens is 424 g/mol. The van der Waals surface area contributed by atoms with Crippen molar-refractivity contribution in [2.24, 2.45) is 23.0 Å². The fraction of sp³-hybridized carbons (Fsp3) is 0.571. The largest absolute Gasteiger partial charge is 0.456 e. The number of benzene rings is 1. The molecule has 4 aliphatic rings. The highest BCUT2D eigenvalue weighted by Crippen LogP contribution is 2.65. The van der Waals surface area contributed by atoms with Crippen LogP contribution in [0.1, 0.15) is 55.3 Å². The molecule has 0 saturated heterocycles. The monoisotopic (exact) mass is 448 g/mol. The van der Waals surface area contributed by atoms with Gasteiger partial charge in [0.15, 0.2) is 6.61 Å². The Kier molecular flexibility index (Phi) is 4.98. The van der Waals surface area contributed by atoms with Gasteiger partial charge < -0.3 is 15.8 Å². The molecule has 28 heavy (non-hydrogen) atoms. The average molecular weight is 449 g/mol. The maximum atomic E-state index is 12.4. The van der Waals surface area contributed by atoms with Crippen molar-refractivity contribution in [3.63, 3.8) is 0 Å². The molecule has 0 radical (unpaired) electrons. The van der Waals surface area contributed by atoms with Crippen molar-refractivity contribution >= 4 is 39.4 Å². The maximum Gasteiger partial charge on any atom is 0.306 e. The van der Waals surface area contributed by atoms with Crippen molar-refractivity contribution in [3.8, 4) is 0 Å². The van der Waals surface area contributed by atoms with Crippen molar-refractivity contribution in [2.45, 2.75) is 49.3 Å². The zero-order valence-corrected chi connectivity index (χ0v) is 17.3. The molecule has 0 heterocycles. The molecule has 3 N–H and O–H groups in total. The molecule has 1 aromatic carbocycles. The first-order chi connectivity index (χ1) is 13.2. The highest BCUT2D eigenvalue weighted by Gasteiger charge is 2.57.